The Bertz CT molecular complexity index is 1000. The summed E-state index contributed by atoms with van der Waals surface area (Å²) in [6, 6.07) is 12.9. The molecule has 1 atom stereocenters. The number of carbonyl (C=O) groups is 2. The number of sulfonamides is 1. The number of hydrogen-bond acceptors (Lipinski definition) is 4. The van der Waals surface area contributed by atoms with Crippen LogP contribution in [0.2, 0.25) is 0 Å². The molecule has 3 amide bonds. The first-order chi connectivity index (χ1) is 14.7. The second-order valence-electron chi connectivity index (χ2n) is 7.09. The van der Waals surface area contributed by atoms with Crippen LogP contribution >= 0.6 is 0 Å². The number of nitrogens with one attached hydrogen (secondary N) is 2. The van der Waals surface area contributed by atoms with Crippen LogP contribution in [0.3, 0.4) is 0 Å². The molecule has 0 aliphatic rings. The van der Waals surface area contributed by atoms with E-state index in [4.69, 9.17) is 5.73 Å². The molecule has 0 heterocycles. The van der Waals surface area contributed by atoms with Gasteiger partial charge in [-0.2, -0.15) is 4.31 Å². The molecule has 0 saturated carbocycles. The smallest absolute Gasteiger partial charge is 0.315 e. The molecule has 2 aromatic rings. The van der Waals surface area contributed by atoms with Gasteiger partial charge in [-0.1, -0.05) is 38.1 Å². The number of nitrogens with two attached hydrogens (primary N) is 1. The zero-order valence-corrected chi connectivity index (χ0v) is 18.9. The van der Waals surface area contributed by atoms with E-state index in [0.29, 0.717) is 31.6 Å². The van der Waals surface area contributed by atoms with Crippen LogP contribution in [0.4, 0.5) is 4.79 Å². The van der Waals surface area contributed by atoms with Gasteiger partial charge >= 0.3 is 6.03 Å². The summed E-state index contributed by atoms with van der Waals surface area (Å²) in [4.78, 5) is 23.7. The minimum Gasteiger partial charge on any atom is -0.366 e. The monoisotopic (exact) mass is 446 g/mol. The molecule has 0 radical (unpaired) electrons. The summed E-state index contributed by atoms with van der Waals surface area (Å²) in [6.07, 6.45) is 0.556. The van der Waals surface area contributed by atoms with E-state index >= 15 is 0 Å². The number of amides is 3. The van der Waals surface area contributed by atoms with E-state index in [1.807, 2.05) is 13.0 Å². The zero-order chi connectivity index (χ0) is 23.0. The molecule has 0 aliphatic carbocycles. The van der Waals surface area contributed by atoms with Crippen LogP contribution in [0.1, 0.15) is 48.3 Å². The lowest BCUT2D eigenvalue weighted by Gasteiger charge is -2.19. The molecular weight excluding hydrogens is 416 g/mol. The Morgan fingerprint density at radius 3 is 2.29 bits per heavy atom. The van der Waals surface area contributed by atoms with Crippen LogP contribution in [-0.2, 0) is 16.4 Å². The minimum absolute atomic E-state index is 0.231. The van der Waals surface area contributed by atoms with Crippen molar-refractivity contribution in [2.45, 2.75) is 38.1 Å². The van der Waals surface area contributed by atoms with Gasteiger partial charge in [-0.05, 0) is 48.7 Å². The van der Waals surface area contributed by atoms with Gasteiger partial charge in [0.15, 0.2) is 0 Å². The SMILES string of the molecule is CCN(CC)S(=O)(=O)c1ccc(C(C)NC(=O)NCCc2cccc(C(N)=O)c2)cc1. The van der Waals surface area contributed by atoms with Crippen molar-refractivity contribution in [3.8, 4) is 0 Å². The molecule has 9 heteroatoms. The Hall–Kier alpha value is -2.91. The highest BCUT2D eigenvalue weighted by Gasteiger charge is 2.21. The molecule has 0 spiro atoms. The van der Waals surface area contributed by atoms with Crippen LogP contribution in [0.15, 0.2) is 53.4 Å². The molecule has 0 aromatic heterocycles. The van der Waals surface area contributed by atoms with Crippen molar-refractivity contribution in [3.05, 3.63) is 65.2 Å². The van der Waals surface area contributed by atoms with E-state index in [0.717, 1.165) is 11.1 Å². The van der Waals surface area contributed by atoms with Gasteiger partial charge < -0.3 is 16.4 Å². The van der Waals surface area contributed by atoms with Crippen molar-refractivity contribution in [1.29, 1.82) is 0 Å². The Labute approximate surface area is 183 Å². The summed E-state index contributed by atoms with van der Waals surface area (Å²) in [6.45, 7) is 6.63. The average molecular weight is 447 g/mol. The first-order valence-electron chi connectivity index (χ1n) is 10.2. The fourth-order valence-corrected chi connectivity index (χ4v) is 4.63. The van der Waals surface area contributed by atoms with E-state index in [9.17, 15) is 18.0 Å². The van der Waals surface area contributed by atoms with Crippen molar-refractivity contribution in [1.82, 2.24) is 14.9 Å². The molecule has 0 bridgehead atoms. The largest absolute Gasteiger partial charge is 0.366 e. The van der Waals surface area contributed by atoms with Gasteiger partial charge in [-0.3, -0.25) is 4.79 Å². The van der Waals surface area contributed by atoms with Crippen molar-refractivity contribution < 1.29 is 18.0 Å². The normalized spacial score (nSPS) is 12.4. The second-order valence-corrected chi connectivity index (χ2v) is 9.03. The molecule has 0 aliphatic heterocycles. The third-order valence-corrected chi connectivity index (χ3v) is 7.05. The fourth-order valence-electron chi connectivity index (χ4n) is 3.17. The Morgan fingerprint density at radius 1 is 1.06 bits per heavy atom. The van der Waals surface area contributed by atoms with Gasteiger partial charge in [0.1, 0.15) is 0 Å². The standard InChI is InChI=1S/C22H30N4O4S/c1-4-26(5-2)31(29,30)20-11-9-18(10-12-20)16(3)25-22(28)24-14-13-17-7-6-8-19(15-17)21(23)27/h6-12,15-16H,4-5,13-14H2,1-3H3,(H2,23,27)(H2,24,25,28). The van der Waals surface area contributed by atoms with E-state index in [1.165, 1.54) is 4.31 Å². The van der Waals surface area contributed by atoms with E-state index in [2.05, 4.69) is 10.6 Å². The average Bonchev–Trinajstić information content (AvgIpc) is 2.74. The number of hydrogen-bond donors (Lipinski definition) is 3. The lowest BCUT2D eigenvalue weighted by Crippen LogP contribution is -2.38. The van der Waals surface area contributed by atoms with Crippen molar-refractivity contribution in [2.24, 2.45) is 5.73 Å². The maximum Gasteiger partial charge on any atom is 0.315 e. The van der Waals surface area contributed by atoms with E-state index in [1.54, 1.807) is 56.3 Å². The van der Waals surface area contributed by atoms with Crippen LogP contribution in [0, 0.1) is 0 Å². The second kappa shape index (κ2) is 10.9. The topological polar surface area (TPSA) is 122 Å². The molecule has 2 aromatic carbocycles. The summed E-state index contributed by atoms with van der Waals surface area (Å²) in [5, 5.41) is 5.61. The number of urea groups is 1. The maximum atomic E-state index is 12.6. The van der Waals surface area contributed by atoms with Gasteiger partial charge in [0.05, 0.1) is 10.9 Å². The first kappa shape index (κ1) is 24.4. The zero-order valence-electron chi connectivity index (χ0n) is 18.1. The Balaban J connectivity index is 1.90. The highest BCUT2D eigenvalue weighted by atomic mass is 32.2. The van der Waals surface area contributed by atoms with Gasteiger partial charge in [-0.15, -0.1) is 0 Å². The molecule has 168 valence electrons. The van der Waals surface area contributed by atoms with Gasteiger partial charge in [0.25, 0.3) is 0 Å². The predicted molar refractivity (Wildman–Crippen MR) is 120 cm³/mol. The van der Waals surface area contributed by atoms with Crippen LogP contribution in [0.25, 0.3) is 0 Å². The molecule has 4 N–H and O–H groups in total. The van der Waals surface area contributed by atoms with Crippen molar-refractivity contribution in [2.75, 3.05) is 19.6 Å². The van der Waals surface area contributed by atoms with Gasteiger partial charge in [-0.25, -0.2) is 13.2 Å². The van der Waals surface area contributed by atoms with Crippen molar-refractivity contribution >= 4 is 22.0 Å². The summed E-state index contributed by atoms with van der Waals surface area (Å²) in [5.74, 6) is -0.489. The predicted octanol–water partition coefficient (Wildman–Crippen LogP) is 2.42. The molecular formula is C22H30N4O4S. The first-order valence-corrected chi connectivity index (χ1v) is 11.7. The highest BCUT2D eigenvalue weighted by Crippen LogP contribution is 2.19. The third kappa shape index (κ3) is 6.53. The number of carbonyl (C=O) groups excluding carboxylic acids is 2. The Morgan fingerprint density at radius 2 is 1.71 bits per heavy atom. The molecule has 0 saturated heterocycles. The molecule has 2 rings (SSSR count). The number of nitrogens with zero attached hydrogens (tertiary/aromatic N) is 1. The van der Waals surface area contributed by atoms with E-state index < -0.39 is 15.9 Å². The van der Waals surface area contributed by atoms with Crippen LogP contribution in [0.5, 0.6) is 0 Å². The number of rotatable bonds is 10. The summed E-state index contributed by atoms with van der Waals surface area (Å²) in [5.41, 5.74) is 7.40. The third-order valence-electron chi connectivity index (χ3n) is 4.98. The maximum absolute atomic E-state index is 12.6. The molecule has 1 unspecified atom stereocenters. The molecule has 31 heavy (non-hydrogen) atoms. The van der Waals surface area contributed by atoms with Crippen LogP contribution in [-0.4, -0.2) is 44.3 Å². The highest BCUT2D eigenvalue weighted by molar-refractivity contribution is 7.89. The quantitative estimate of drug-likeness (QED) is 0.519. The van der Waals surface area contributed by atoms with E-state index in [-0.39, 0.29) is 17.0 Å². The Kier molecular flexibility index (Phi) is 8.58. The molecule has 8 nitrogen and oxygen atoms in total. The minimum atomic E-state index is -3.51. The van der Waals surface area contributed by atoms with Gasteiger partial charge in [0.2, 0.25) is 15.9 Å². The summed E-state index contributed by atoms with van der Waals surface area (Å²) >= 11 is 0. The number of primary amides is 1. The summed E-state index contributed by atoms with van der Waals surface area (Å²) in [7, 11) is -3.51. The molecule has 0 fully saturated rings. The van der Waals surface area contributed by atoms with Crippen LogP contribution < -0.4 is 16.4 Å². The fraction of sp³-hybridized carbons (Fsp3) is 0.364. The number of benzene rings is 2. The lowest BCUT2D eigenvalue weighted by atomic mass is 10.1. The van der Waals surface area contributed by atoms with Gasteiger partial charge in [0, 0.05) is 25.2 Å². The van der Waals surface area contributed by atoms with Crippen molar-refractivity contribution in [3.63, 3.8) is 0 Å². The summed E-state index contributed by atoms with van der Waals surface area (Å²) < 4.78 is 26.5. The lowest BCUT2D eigenvalue weighted by molar-refractivity contribution is 0.1000.